The van der Waals surface area contributed by atoms with Gasteiger partial charge in [0, 0.05) is 25.2 Å². The van der Waals surface area contributed by atoms with Gasteiger partial charge in [0.05, 0.1) is 0 Å². The summed E-state index contributed by atoms with van der Waals surface area (Å²) in [5, 5.41) is 5.54. The molecule has 6 nitrogen and oxygen atoms in total. The molecule has 0 fully saturated rings. The van der Waals surface area contributed by atoms with Crippen LogP contribution in [0.5, 0.6) is 0 Å². The highest BCUT2D eigenvalue weighted by molar-refractivity contribution is 5.94. The molecule has 2 amide bonds. The molecule has 2 heterocycles. The third-order valence-electron chi connectivity index (χ3n) is 3.10. The van der Waals surface area contributed by atoms with Crippen LogP contribution in [0.3, 0.4) is 0 Å². The number of aryl methyl sites for hydroxylation is 2. The molecule has 0 aliphatic carbocycles. The normalized spacial score (nSPS) is 9.25. The number of carbonyl (C=O) groups excluding carboxylic acids is 2. The molecule has 0 aliphatic heterocycles. The molecule has 24 heavy (non-hydrogen) atoms. The summed E-state index contributed by atoms with van der Waals surface area (Å²) >= 11 is 0. The summed E-state index contributed by atoms with van der Waals surface area (Å²) in [7, 11) is 3.72. The average molecular weight is 554 g/mol. The van der Waals surface area contributed by atoms with Crippen molar-refractivity contribution in [3.63, 3.8) is 0 Å². The summed E-state index contributed by atoms with van der Waals surface area (Å²) < 4.78 is 3.62. The van der Waals surface area contributed by atoms with E-state index in [2.05, 4.69) is 10.6 Å². The van der Waals surface area contributed by atoms with E-state index in [1.54, 1.807) is 24.5 Å². The number of pyridine rings is 2. The molecule has 0 saturated heterocycles. The Balaban J connectivity index is 0.00000264. The highest BCUT2D eigenvalue weighted by Crippen LogP contribution is 1.94. The fourth-order valence-corrected chi connectivity index (χ4v) is 2.00. The monoisotopic (exact) mass is 554 g/mol. The lowest BCUT2D eigenvalue weighted by atomic mass is 10.2. The predicted octanol–water partition coefficient (Wildman–Crippen LogP) is -6.50. The van der Waals surface area contributed by atoms with Crippen molar-refractivity contribution in [1.29, 1.82) is 0 Å². The van der Waals surface area contributed by atoms with Gasteiger partial charge in [-0.1, -0.05) is 0 Å². The number of aromatic nitrogens is 2. The van der Waals surface area contributed by atoms with Crippen LogP contribution in [0.4, 0.5) is 0 Å². The van der Waals surface area contributed by atoms with Crippen LogP contribution in [-0.2, 0) is 14.1 Å². The van der Waals surface area contributed by atoms with Crippen molar-refractivity contribution in [1.82, 2.24) is 10.6 Å². The maximum atomic E-state index is 11.9. The third kappa shape index (κ3) is 7.07. The van der Waals surface area contributed by atoms with Crippen LogP contribution in [0.2, 0.25) is 0 Å². The first-order valence-electron chi connectivity index (χ1n) is 7.03. The molecule has 0 saturated carbocycles. The number of hydrogen-bond acceptors (Lipinski definition) is 2. The van der Waals surface area contributed by atoms with Gasteiger partial charge in [-0.05, 0) is 12.1 Å². The van der Waals surface area contributed by atoms with Crippen LogP contribution in [0.1, 0.15) is 20.7 Å². The largest absolute Gasteiger partial charge is 1.00 e. The van der Waals surface area contributed by atoms with Crippen LogP contribution >= 0.6 is 0 Å². The highest BCUT2D eigenvalue weighted by Gasteiger charge is 2.10. The molecular formula is C16H20I2N4O2. The standard InChI is InChI=1S/C16H18N4O2.2HI/c1-19-9-3-5-13(11-19)15(21)17-7-8-18-16(22)14-6-4-10-20(2)12-14;;/h3-6,9-12H,7-8H2,1-2H3;2*1H. The minimum absolute atomic E-state index is 0. The molecule has 0 aliphatic rings. The number of carbonyl (C=O) groups is 2. The van der Waals surface area contributed by atoms with Gasteiger partial charge >= 0.3 is 0 Å². The molecule has 8 heteroatoms. The SMILES string of the molecule is C[n+]1cccc(C(=O)NCCNC(=O)c2ccc[n+](C)c2)c1.[I-].[I-]. The fourth-order valence-electron chi connectivity index (χ4n) is 2.00. The molecule has 2 aromatic rings. The van der Waals surface area contributed by atoms with E-state index in [-0.39, 0.29) is 59.8 Å². The summed E-state index contributed by atoms with van der Waals surface area (Å²) in [6.45, 7) is 0.754. The van der Waals surface area contributed by atoms with Crippen molar-refractivity contribution in [2.75, 3.05) is 13.1 Å². The van der Waals surface area contributed by atoms with E-state index in [0.29, 0.717) is 24.2 Å². The number of nitrogens with zero attached hydrogens (tertiary/aromatic N) is 2. The lowest BCUT2D eigenvalue weighted by molar-refractivity contribution is -0.671. The van der Waals surface area contributed by atoms with Gasteiger partial charge in [0.15, 0.2) is 24.8 Å². The molecule has 2 aromatic heterocycles. The maximum Gasteiger partial charge on any atom is 0.257 e. The number of hydrogen-bond donors (Lipinski definition) is 2. The molecule has 0 unspecified atom stereocenters. The zero-order valence-electron chi connectivity index (χ0n) is 13.5. The first kappa shape index (κ1) is 22.7. The van der Waals surface area contributed by atoms with E-state index in [1.807, 2.05) is 47.8 Å². The second-order valence-corrected chi connectivity index (χ2v) is 5.03. The van der Waals surface area contributed by atoms with E-state index >= 15 is 0 Å². The van der Waals surface area contributed by atoms with Gasteiger partial charge in [-0.15, -0.1) is 0 Å². The quantitative estimate of drug-likeness (QED) is 0.220. The molecule has 0 bridgehead atoms. The van der Waals surface area contributed by atoms with Crippen molar-refractivity contribution < 1.29 is 66.7 Å². The number of nitrogens with one attached hydrogen (secondary N) is 2. The summed E-state index contributed by atoms with van der Waals surface area (Å²) in [6, 6.07) is 7.12. The molecular weight excluding hydrogens is 534 g/mol. The van der Waals surface area contributed by atoms with Crippen molar-refractivity contribution >= 4 is 11.8 Å². The van der Waals surface area contributed by atoms with Crippen molar-refractivity contribution in [3.8, 4) is 0 Å². The van der Waals surface area contributed by atoms with Gasteiger partial charge in [-0.2, -0.15) is 0 Å². The van der Waals surface area contributed by atoms with Crippen molar-refractivity contribution in [3.05, 3.63) is 60.2 Å². The van der Waals surface area contributed by atoms with E-state index in [9.17, 15) is 9.59 Å². The Labute approximate surface area is 175 Å². The van der Waals surface area contributed by atoms with Gasteiger partial charge in [-0.25, -0.2) is 9.13 Å². The summed E-state index contributed by atoms with van der Waals surface area (Å²) in [6.07, 6.45) is 7.21. The zero-order valence-corrected chi connectivity index (χ0v) is 17.8. The fraction of sp³-hybridized carbons (Fsp3) is 0.250. The van der Waals surface area contributed by atoms with Crippen LogP contribution in [0, 0.1) is 0 Å². The third-order valence-corrected chi connectivity index (χ3v) is 3.10. The van der Waals surface area contributed by atoms with Gasteiger partial charge < -0.3 is 58.6 Å². The van der Waals surface area contributed by atoms with E-state index in [4.69, 9.17) is 0 Å². The van der Waals surface area contributed by atoms with Crippen LogP contribution < -0.4 is 67.7 Å². The van der Waals surface area contributed by atoms with Crippen LogP contribution in [0.25, 0.3) is 0 Å². The Morgan fingerprint density at radius 3 is 1.54 bits per heavy atom. The maximum absolute atomic E-state index is 11.9. The van der Waals surface area contributed by atoms with E-state index in [0.717, 1.165) is 0 Å². The molecule has 2 N–H and O–H groups in total. The Hall–Kier alpha value is -1.30. The van der Waals surface area contributed by atoms with Gasteiger partial charge in [0.1, 0.15) is 25.2 Å². The lowest BCUT2D eigenvalue weighted by Crippen LogP contribution is -3.00. The Kier molecular flexibility index (Phi) is 10.7. The second kappa shape index (κ2) is 11.3. The molecule has 2 rings (SSSR count). The van der Waals surface area contributed by atoms with Crippen molar-refractivity contribution in [2.24, 2.45) is 14.1 Å². The van der Waals surface area contributed by atoms with Gasteiger partial charge in [0.25, 0.3) is 11.8 Å². The molecule has 0 radical (unpaired) electrons. The van der Waals surface area contributed by atoms with Gasteiger partial charge in [0.2, 0.25) is 0 Å². The van der Waals surface area contributed by atoms with Crippen LogP contribution in [0.15, 0.2) is 49.1 Å². The highest BCUT2D eigenvalue weighted by atomic mass is 127. The first-order valence-corrected chi connectivity index (χ1v) is 7.03. The molecule has 130 valence electrons. The molecule has 0 aromatic carbocycles. The Morgan fingerprint density at radius 2 is 1.21 bits per heavy atom. The summed E-state index contributed by atoms with van der Waals surface area (Å²) in [5.41, 5.74) is 1.18. The minimum atomic E-state index is -0.156. The number of amides is 2. The zero-order chi connectivity index (χ0) is 15.9. The first-order chi connectivity index (χ1) is 10.6. The molecule has 0 atom stereocenters. The van der Waals surface area contributed by atoms with E-state index in [1.165, 1.54) is 0 Å². The Morgan fingerprint density at radius 1 is 0.833 bits per heavy atom. The topological polar surface area (TPSA) is 66.0 Å². The van der Waals surface area contributed by atoms with Crippen LogP contribution in [-0.4, -0.2) is 24.9 Å². The van der Waals surface area contributed by atoms with E-state index < -0.39 is 0 Å². The predicted molar refractivity (Wildman–Crippen MR) is 79.9 cm³/mol. The summed E-state index contributed by atoms with van der Waals surface area (Å²) in [5.74, 6) is -0.312. The number of halogens is 2. The van der Waals surface area contributed by atoms with Crippen molar-refractivity contribution in [2.45, 2.75) is 0 Å². The second-order valence-electron chi connectivity index (χ2n) is 5.03. The summed E-state index contributed by atoms with van der Waals surface area (Å²) in [4.78, 5) is 23.8. The average Bonchev–Trinajstić information content (AvgIpc) is 2.51. The number of rotatable bonds is 5. The smallest absolute Gasteiger partial charge is 0.257 e. The lowest BCUT2D eigenvalue weighted by Gasteiger charge is -2.06. The Bertz CT molecular complexity index is 636. The minimum Gasteiger partial charge on any atom is -1.00 e. The van der Waals surface area contributed by atoms with Gasteiger partial charge in [-0.3, -0.25) is 9.59 Å². The molecule has 0 spiro atoms.